The monoisotopic (exact) mass is 1120 g/mol. The Morgan fingerprint density at radius 1 is 0.590 bits per heavy atom. The van der Waals surface area contributed by atoms with Crippen molar-refractivity contribution in [2.75, 3.05) is 39.6 Å². The molecule has 5 aliphatic heterocycles. The first kappa shape index (κ1) is 60.0. The lowest BCUT2D eigenvalue weighted by molar-refractivity contribution is -0.392. The van der Waals surface area contributed by atoms with E-state index in [1.165, 1.54) is 5.57 Å². The van der Waals surface area contributed by atoms with Gasteiger partial charge in [-0.05, 0) is 109 Å². The van der Waals surface area contributed by atoms with Crippen LogP contribution in [0.25, 0.3) is 0 Å². The second-order valence-corrected chi connectivity index (χ2v) is 26.8. The average molecular weight is 1120 g/mol. The largest absolute Gasteiger partial charge is 0.396 e. The normalized spacial score (nSPS) is 55.1. The van der Waals surface area contributed by atoms with Gasteiger partial charge in [-0.15, -0.1) is 0 Å². The number of aliphatic hydroxyl groups excluding tert-OH is 12. The second kappa shape index (κ2) is 22.4. The van der Waals surface area contributed by atoms with Crippen molar-refractivity contribution < 1.29 is 109 Å². The molecule has 5 aliphatic carbocycles. The third-order valence-corrected chi connectivity index (χ3v) is 22.1. The Labute approximate surface area is 457 Å². The van der Waals surface area contributed by atoms with E-state index in [0.717, 1.165) is 64.2 Å². The molecule has 12 N–H and O–H groups in total. The van der Waals surface area contributed by atoms with E-state index in [1.807, 2.05) is 0 Å². The van der Waals surface area contributed by atoms with Crippen LogP contribution in [0.1, 0.15) is 119 Å². The Morgan fingerprint density at radius 3 is 1.94 bits per heavy atom. The lowest BCUT2D eigenvalue weighted by atomic mass is 9.33. The van der Waals surface area contributed by atoms with Gasteiger partial charge in [-0.2, -0.15) is 0 Å². The number of fused-ring (bicyclic) bond motifs is 6. The van der Waals surface area contributed by atoms with Crippen molar-refractivity contribution in [2.24, 2.45) is 50.2 Å². The molecule has 0 aromatic rings. The van der Waals surface area contributed by atoms with Gasteiger partial charge in [0.2, 0.25) is 0 Å². The quantitative estimate of drug-likeness (QED) is 0.0843. The molecule has 29 unspecified atom stereocenters. The molecule has 29 atom stereocenters. The highest BCUT2D eigenvalue weighted by Crippen LogP contribution is 2.76. The van der Waals surface area contributed by atoms with Crippen LogP contribution in [0.4, 0.5) is 0 Å². The molecule has 22 heteroatoms. The molecule has 9 fully saturated rings. The number of ether oxygens (including phenoxy) is 10. The van der Waals surface area contributed by atoms with Crippen LogP contribution in [0, 0.1) is 50.2 Å². The van der Waals surface area contributed by atoms with Crippen molar-refractivity contribution in [1.82, 2.24) is 0 Å². The van der Waals surface area contributed by atoms with E-state index >= 15 is 0 Å². The summed E-state index contributed by atoms with van der Waals surface area (Å²) in [5.41, 5.74) is 0.293. The summed E-state index contributed by atoms with van der Waals surface area (Å²) in [5, 5.41) is 129. The van der Waals surface area contributed by atoms with Gasteiger partial charge in [-0.25, -0.2) is 0 Å². The zero-order valence-electron chi connectivity index (χ0n) is 46.4. The zero-order chi connectivity index (χ0) is 56.2. The van der Waals surface area contributed by atoms with Crippen LogP contribution in [0.5, 0.6) is 0 Å². The third-order valence-electron chi connectivity index (χ3n) is 22.1. The molecule has 5 heterocycles. The van der Waals surface area contributed by atoms with E-state index in [4.69, 9.17) is 47.4 Å². The van der Waals surface area contributed by atoms with Crippen LogP contribution in [0.3, 0.4) is 0 Å². The lowest BCUT2D eigenvalue weighted by Crippen LogP contribution is -2.69. The number of hydrogen-bond acceptors (Lipinski definition) is 22. The van der Waals surface area contributed by atoms with E-state index in [-0.39, 0.29) is 57.9 Å². The second-order valence-electron chi connectivity index (χ2n) is 26.8. The Balaban J connectivity index is 0.909. The third kappa shape index (κ3) is 9.83. The molecule has 10 aliphatic rings. The molecule has 10 rings (SSSR count). The first-order chi connectivity index (χ1) is 36.8. The summed E-state index contributed by atoms with van der Waals surface area (Å²) in [7, 11) is 0. The van der Waals surface area contributed by atoms with Crippen molar-refractivity contribution in [3.8, 4) is 0 Å². The summed E-state index contributed by atoms with van der Waals surface area (Å²) in [6.07, 6.45) is -18.1. The highest BCUT2D eigenvalue weighted by atomic mass is 16.8. The number of rotatable bonds is 13. The SMILES string of the molecule is CCCC1OCC23CCC(C)(CO)CC2C2=CCC4C5(C)CCC(OC6OCC(OC7OC(CO)C(O)C(O)C7OC7OCC(O)C(O)C7O)C(O)C6OC6OC(CO)C(O)C(O)C6O)C(C)(C)C5CCC4(C)C2(C)CC3O1. The van der Waals surface area contributed by atoms with E-state index < -0.39 is 149 Å². The maximum Gasteiger partial charge on any atom is 0.187 e. The number of hydrogen-bond donors (Lipinski definition) is 12. The van der Waals surface area contributed by atoms with Gasteiger partial charge in [0.15, 0.2) is 31.5 Å². The van der Waals surface area contributed by atoms with E-state index in [9.17, 15) is 61.3 Å². The molecule has 22 nitrogen and oxygen atoms in total. The molecule has 0 aromatic heterocycles. The van der Waals surface area contributed by atoms with Crippen molar-refractivity contribution in [2.45, 2.75) is 248 Å². The molecular weight excluding hydrogens is 1020 g/mol. The fourth-order valence-corrected chi connectivity index (χ4v) is 17.1. The summed E-state index contributed by atoms with van der Waals surface area (Å²) in [6, 6.07) is 0. The van der Waals surface area contributed by atoms with Gasteiger partial charge < -0.3 is 109 Å². The maximum atomic E-state index is 12.4. The summed E-state index contributed by atoms with van der Waals surface area (Å²) in [6.45, 7) is 14.7. The van der Waals surface area contributed by atoms with Crippen LogP contribution < -0.4 is 0 Å². The standard InChI is InChI=1S/C56H92O22/c1-8-9-36-71-25-56-17-16-52(4,24-59)18-27(56)26-10-11-33-53(5)14-13-34(51(2,3)32(53)12-15-54(33,6)55(26,7)19-35(56)75-36)76-49-45(78-48-44(68)41(65)38(62)29(20-57)72-48)40(64)31(23-70-49)74-50-46(42(66)39(63)30(21-58)73-50)77-47-43(67)37(61)28(60)22-69-47/h10,27-50,57-68H,8-9,11-25H2,1-7H3. The van der Waals surface area contributed by atoms with Gasteiger partial charge in [0.05, 0.1) is 45.2 Å². The Bertz CT molecular complexity index is 2100. The molecule has 0 bridgehead atoms. The highest BCUT2D eigenvalue weighted by Gasteiger charge is 2.71. The van der Waals surface area contributed by atoms with Gasteiger partial charge in [0.25, 0.3) is 0 Å². The predicted molar refractivity (Wildman–Crippen MR) is 270 cm³/mol. The first-order valence-corrected chi connectivity index (χ1v) is 28.9. The smallest absolute Gasteiger partial charge is 0.187 e. The highest BCUT2D eigenvalue weighted by molar-refractivity contribution is 5.35. The Hall–Kier alpha value is -1.14. The summed E-state index contributed by atoms with van der Waals surface area (Å²) in [4.78, 5) is 0. The van der Waals surface area contributed by atoms with E-state index in [0.29, 0.717) is 18.9 Å². The first-order valence-electron chi connectivity index (χ1n) is 28.9. The number of aliphatic hydroxyl groups is 12. The van der Waals surface area contributed by atoms with Crippen LogP contribution in [-0.2, 0) is 47.4 Å². The summed E-state index contributed by atoms with van der Waals surface area (Å²) in [5.74, 6) is 0.697. The fourth-order valence-electron chi connectivity index (χ4n) is 17.1. The minimum Gasteiger partial charge on any atom is -0.396 e. The van der Waals surface area contributed by atoms with Gasteiger partial charge in [0, 0.05) is 12.0 Å². The summed E-state index contributed by atoms with van der Waals surface area (Å²) >= 11 is 0. The van der Waals surface area contributed by atoms with Crippen molar-refractivity contribution in [3.63, 3.8) is 0 Å². The Kier molecular flexibility index (Phi) is 17.2. The van der Waals surface area contributed by atoms with Gasteiger partial charge in [-0.3, -0.25) is 0 Å². The van der Waals surface area contributed by atoms with Crippen molar-refractivity contribution in [3.05, 3.63) is 11.6 Å². The minimum absolute atomic E-state index is 0.0340. The fraction of sp³-hybridized carbons (Fsp3) is 0.964. The Morgan fingerprint density at radius 2 is 1.24 bits per heavy atom. The predicted octanol–water partition coefficient (Wildman–Crippen LogP) is -0.152. The van der Waals surface area contributed by atoms with Crippen molar-refractivity contribution in [1.29, 1.82) is 0 Å². The minimum atomic E-state index is -1.88. The van der Waals surface area contributed by atoms with Crippen LogP contribution >= 0.6 is 0 Å². The maximum absolute atomic E-state index is 12.4. The molecule has 78 heavy (non-hydrogen) atoms. The zero-order valence-corrected chi connectivity index (χ0v) is 46.4. The molecule has 4 saturated carbocycles. The van der Waals surface area contributed by atoms with Crippen LogP contribution in [0.2, 0.25) is 0 Å². The van der Waals surface area contributed by atoms with Crippen molar-refractivity contribution >= 4 is 0 Å². The lowest BCUT2D eigenvalue weighted by Gasteiger charge is -2.73. The molecule has 0 amide bonds. The molecule has 5 saturated heterocycles. The van der Waals surface area contributed by atoms with Crippen LogP contribution in [0.15, 0.2) is 11.6 Å². The average Bonchev–Trinajstić information content (AvgIpc) is 3.41. The van der Waals surface area contributed by atoms with Crippen LogP contribution in [-0.4, -0.2) is 230 Å². The number of allylic oxidation sites excluding steroid dienone is 2. The molecule has 0 radical (unpaired) electrons. The van der Waals surface area contributed by atoms with Gasteiger partial charge in [0.1, 0.15) is 85.5 Å². The molecular formula is C56H92O22. The topological polar surface area (TPSA) is 335 Å². The molecule has 0 aromatic carbocycles. The molecule has 448 valence electrons. The van der Waals surface area contributed by atoms with E-state index in [1.54, 1.807) is 0 Å². The van der Waals surface area contributed by atoms with Gasteiger partial charge in [-0.1, -0.05) is 66.5 Å². The molecule has 1 spiro atoms. The summed E-state index contributed by atoms with van der Waals surface area (Å²) < 4.78 is 62.6. The van der Waals surface area contributed by atoms with Gasteiger partial charge >= 0.3 is 0 Å². The van der Waals surface area contributed by atoms with E-state index in [2.05, 4.69) is 54.5 Å².